The van der Waals surface area contributed by atoms with Crippen LogP contribution in [-0.2, 0) is 13.0 Å². The number of nitrogens with one attached hydrogen (secondary N) is 1. The van der Waals surface area contributed by atoms with Crippen molar-refractivity contribution in [1.29, 1.82) is 0 Å². The first-order valence-corrected chi connectivity index (χ1v) is 8.11. The second kappa shape index (κ2) is 6.09. The number of halogens is 1. The number of aromatic amines is 1. The van der Waals surface area contributed by atoms with Crippen LogP contribution in [0, 0.1) is 0 Å². The van der Waals surface area contributed by atoms with E-state index in [2.05, 4.69) is 15.2 Å². The molecule has 1 aliphatic heterocycles. The quantitative estimate of drug-likeness (QED) is 0.779. The Balaban J connectivity index is 1.64. The van der Waals surface area contributed by atoms with Crippen LogP contribution in [-0.4, -0.2) is 32.5 Å². The largest absolute Gasteiger partial charge is 0.334 e. The van der Waals surface area contributed by atoms with Crippen molar-refractivity contribution in [1.82, 2.24) is 20.1 Å². The molecule has 0 spiro atoms. The summed E-state index contributed by atoms with van der Waals surface area (Å²) in [6.07, 6.45) is 4.04. The summed E-state index contributed by atoms with van der Waals surface area (Å²) in [5.41, 5.74) is 4.64. The van der Waals surface area contributed by atoms with Gasteiger partial charge in [-0.15, -0.1) is 0 Å². The predicted octanol–water partition coefficient (Wildman–Crippen LogP) is 3.32. The Bertz CT molecular complexity index is 874. The van der Waals surface area contributed by atoms with Crippen LogP contribution in [0.5, 0.6) is 0 Å². The van der Waals surface area contributed by atoms with Crippen molar-refractivity contribution in [2.45, 2.75) is 13.0 Å². The number of pyridine rings is 1. The standard InChI is InChI=1S/C18H15ClN4O/c19-14-5-3-12(4-6-14)17-15-11-23(9-7-16(15)21-22-17)18(24)13-2-1-8-20-10-13/h1-6,8,10H,7,9,11H2,(H,21,22). The number of rotatable bonds is 2. The molecule has 4 rings (SSSR count). The molecule has 0 atom stereocenters. The number of carbonyl (C=O) groups is 1. The third kappa shape index (κ3) is 2.67. The summed E-state index contributed by atoms with van der Waals surface area (Å²) in [6, 6.07) is 11.2. The molecular formula is C18H15ClN4O. The molecule has 0 radical (unpaired) electrons. The summed E-state index contributed by atoms with van der Waals surface area (Å²) in [5.74, 6) is -0.00277. The zero-order chi connectivity index (χ0) is 16.5. The van der Waals surface area contributed by atoms with Crippen molar-refractivity contribution >= 4 is 17.5 Å². The number of benzene rings is 1. The van der Waals surface area contributed by atoms with Crippen LogP contribution >= 0.6 is 11.6 Å². The number of amides is 1. The lowest BCUT2D eigenvalue weighted by Gasteiger charge is -2.27. The van der Waals surface area contributed by atoms with Gasteiger partial charge in [0.15, 0.2) is 0 Å². The Morgan fingerprint density at radius 2 is 2.04 bits per heavy atom. The molecule has 1 amide bonds. The van der Waals surface area contributed by atoms with E-state index >= 15 is 0 Å². The highest BCUT2D eigenvalue weighted by Crippen LogP contribution is 2.29. The van der Waals surface area contributed by atoms with Gasteiger partial charge in [0, 0.05) is 53.7 Å². The number of nitrogens with zero attached hydrogens (tertiary/aromatic N) is 3. The molecule has 24 heavy (non-hydrogen) atoms. The van der Waals surface area contributed by atoms with Gasteiger partial charge in [0.1, 0.15) is 0 Å². The SMILES string of the molecule is O=C(c1cccnc1)N1CCc2[nH]nc(-c3ccc(Cl)cc3)c2C1. The fourth-order valence-corrected chi connectivity index (χ4v) is 3.11. The number of aromatic nitrogens is 3. The number of fused-ring (bicyclic) bond motifs is 1. The topological polar surface area (TPSA) is 61.9 Å². The molecule has 3 heterocycles. The Morgan fingerprint density at radius 1 is 1.21 bits per heavy atom. The van der Waals surface area contributed by atoms with Gasteiger partial charge in [0.05, 0.1) is 11.3 Å². The van der Waals surface area contributed by atoms with Crippen LogP contribution in [0.1, 0.15) is 21.6 Å². The second-order valence-electron chi connectivity index (χ2n) is 5.75. The van der Waals surface area contributed by atoms with Crippen molar-refractivity contribution < 1.29 is 4.79 Å². The molecule has 5 nitrogen and oxygen atoms in total. The molecule has 0 saturated heterocycles. The monoisotopic (exact) mass is 338 g/mol. The van der Waals surface area contributed by atoms with E-state index in [9.17, 15) is 4.79 Å². The first kappa shape index (κ1) is 14.9. The van der Waals surface area contributed by atoms with Gasteiger partial charge in [-0.2, -0.15) is 5.10 Å². The Kier molecular flexibility index (Phi) is 3.78. The highest BCUT2D eigenvalue weighted by Gasteiger charge is 2.26. The van der Waals surface area contributed by atoms with E-state index in [1.807, 2.05) is 29.2 Å². The predicted molar refractivity (Wildman–Crippen MR) is 91.7 cm³/mol. The first-order valence-electron chi connectivity index (χ1n) is 7.74. The molecule has 1 N–H and O–H groups in total. The van der Waals surface area contributed by atoms with Gasteiger partial charge in [-0.05, 0) is 24.3 Å². The molecule has 1 aromatic carbocycles. The van der Waals surface area contributed by atoms with Gasteiger partial charge in [-0.1, -0.05) is 23.7 Å². The molecular weight excluding hydrogens is 324 g/mol. The Labute approximate surface area is 144 Å². The summed E-state index contributed by atoms with van der Waals surface area (Å²) in [6.45, 7) is 1.21. The molecule has 0 aliphatic carbocycles. The molecule has 0 saturated carbocycles. The van der Waals surface area contributed by atoms with Gasteiger partial charge in [-0.25, -0.2) is 0 Å². The smallest absolute Gasteiger partial charge is 0.255 e. The van der Waals surface area contributed by atoms with Gasteiger partial charge < -0.3 is 4.90 Å². The van der Waals surface area contributed by atoms with Crippen LogP contribution in [0.2, 0.25) is 5.02 Å². The van der Waals surface area contributed by atoms with E-state index in [1.54, 1.807) is 24.5 Å². The summed E-state index contributed by atoms with van der Waals surface area (Å²) in [5, 5.41) is 8.24. The minimum absolute atomic E-state index is 0.00277. The van der Waals surface area contributed by atoms with Crippen LogP contribution in [0.25, 0.3) is 11.3 Å². The number of H-pyrrole nitrogens is 1. The number of carbonyl (C=O) groups excluding carboxylic acids is 1. The van der Waals surface area contributed by atoms with Crippen molar-refractivity contribution in [2.75, 3.05) is 6.54 Å². The van der Waals surface area contributed by atoms with E-state index in [0.29, 0.717) is 23.7 Å². The third-order valence-electron chi connectivity index (χ3n) is 4.25. The zero-order valence-electron chi connectivity index (χ0n) is 12.9. The highest BCUT2D eigenvalue weighted by atomic mass is 35.5. The van der Waals surface area contributed by atoms with Gasteiger partial charge in [0.25, 0.3) is 5.91 Å². The minimum Gasteiger partial charge on any atom is -0.334 e. The highest BCUT2D eigenvalue weighted by molar-refractivity contribution is 6.30. The lowest BCUT2D eigenvalue weighted by molar-refractivity contribution is 0.0734. The second-order valence-corrected chi connectivity index (χ2v) is 6.19. The Hall–Kier alpha value is -2.66. The molecule has 120 valence electrons. The molecule has 0 unspecified atom stereocenters. The average Bonchev–Trinajstić information content (AvgIpc) is 3.05. The molecule has 6 heteroatoms. The fourth-order valence-electron chi connectivity index (χ4n) is 2.99. The van der Waals surface area contributed by atoms with Gasteiger partial charge in [-0.3, -0.25) is 14.9 Å². The number of hydrogen-bond acceptors (Lipinski definition) is 3. The maximum atomic E-state index is 12.7. The van der Waals surface area contributed by atoms with Crippen LogP contribution < -0.4 is 0 Å². The maximum absolute atomic E-state index is 12.7. The molecule has 3 aromatic rings. The third-order valence-corrected chi connectivity index (χ3v) is 4.50. The normalized spacial score (nSPS) is 13.6. The van der Waals surface area contributed by atoms with E-state index in [-0.39, 0.29) is 5.91 Å². The van der Waals surface area contributed by atoms with E-state index < -0.39 is 0 Å². The van der Waals surface area contributed by atoms with Crippen molar-refractivity contribution in [3.05, 3.63) is 70.6 Å². The van der Waals surface area contributed by atoms with Crippen molar-refractivity contribution in [2.24, 2.45) is 0 Å². The van der Waals surface area contributed by atoms with E-state index in [0.717, 1.165) is 28.9 Å². The van der Waals surface area contributed by atoms with Crippen molar-refractivity contribution in [3.8, 4) is 11.3 Å². The average molecular weight is 339 g/mol. The zero-order valence-corrected chi connectivity index (χ0v) is 13.6. The Morgan fingerprint density at radius 3 is 2.79 bits per heavy atom. The molecule has 2 aromatic heterocycles. The number of hydrogen-bond donors (Lipinski definition) is 1. The summed E-state index contributed by atoms with van der Waals surface area (Å²) in [7, 11) is 0. The van der Waals surface area contributed by atoms with Crippen molar-refractivity contribution in [3.63, 3.8) is 0 Å². The van der Waals surface area contributed by atoms with E-state index in [4.69, 9.17) is 11.6 Å². The first-order chi connectivity index (χ1) is 11.7. The van der Waals surface area contributed by atoms with Gasteiger partial charge >= 0.3 is 0 Å². The maximum Gasteiger partial charge on any atom is 0.255 e. The van der Waals surface area contributed by atoms with Crippen LogP contribution in [0.15, 0.2) is 48.8 Å². The molecule has 1 aliphatic rings. The fraction of sp³-hybridized carbons (Fsp3) is 0.167. The summed E-state index contributed by atoms with van der Waals surface area (Å²) in [4.78, 5) is 18.5. The van der Waals surface area contributed by atoms with Crippen LogP contribution in [0.4, 0.5) is 0 Å². The van der Waals surface area contributed by atoms with Gasteiger partial charge in [0.2, 0.25) is 0 Å². The summed E-state index contributed by atoms with van der Waals surface area (Å²) >= 11 is 5.96. The van der Waals surface area contributed by atoms with Crippen LogP contribution in [0.3, 0.4) is 0 Å². The molecule has 0 bridgehead atoms. The minimum atomic E-state index is -0.00277. The lowest BCUT2D eigenvalue weighted by Crippen LogP contribution is -2.36. The lowest BCUT2D eigenvalue weighted by atomic mass is 10.0. The summed E-state index contributed by atoms with van der Waals surface area (Å²) < 4.78 is 0. The molecule has 0 fully saturated rings. The van der Waals surface area contributed by atoms with E-state index in [1.165, 1.54) is 0 Å².